The van der Waals surface area contributed by atoms with Gasteiger partial charge in [0.2, 0.25) is 0 Å². The predicted octanol–water partition coefficient (Wildman–Crippen LogP) is 9.74. The molecule has 3 aromatic rings. The maximum absolute atomic E-state index is 15.2. The van der Waals surface area contributed by atoms with Crippen LogP contribution in [0.2, 0.25) is 0 Å². The molecule has 6 heteroatoms. The van der Waals surface area contributed by atoms with Crippen LogP contribution in [0.25, 0.3) is 11.1 Å². The highest BCUT2D eigenvalue weighted by atomic mass is 19.3. The van der Waals surface area contributed by atoms with Crippen LogP contribution in [-0.2, 0) is 0 Å². The van der Waals surface area contributed by atoms with Gasteiger partial charge in [-0.15, -0.1) is 0 Å². The third-order valence-corrected chi connectivity index (χ3v) is 6.54. The minimum absolute atomic E-state index is 0. The first-order valence-electron chi connectivity index (χ1n) is 11.8. The lowest BCUT2D eigenvalue weighted by Crippen LogP contribution is -2.13. The molecule has 0 heterocycles. The normalized spacial score (nSPS) is 17.7. The fourth-order valence-corrected chi connectivity index (χ4v) is 4.81. The molecule has 35 heavy (non-hydrogen) atoms. The Hall–Kier alpha value is -3.02. The standard InChI is InChI=1S/C28H28F4O2.CH4/c1-2-4-18-7-9-19(10-8-18)20-11-16-23(25(29)17-20)24-5-3-6-26(27(24)30)33-21-12-14-22(15-13-21)34-28(31)32;/h3,5-6,11-19,28H,2,4,7-10H2,1H3;1H4/t18-,19-;. The second-order valence-electron chi connectivity index (χ2n) is 8.82. The highest BCUT2D eigenvalue weighted by Crippen LogP contribution is 2.39. The van der Waals surface area contributed by atoms with E-state index < -0.39 is 18.2 Å². The van der Waals surface area contributed by atoms with Crippen LogP contribution in [0.15, 0.2) is 60.7 Å². The van der Waals surface area contributed by atoms with Crippen molar-refractivity contribution < 1.29 is 27.0 Å². The minimum atomic E-state index is -2.93. The molecule has 1 aliphatic carbocycles. The van der Waals surface area contributed by atoms with E-state index in [2.05, 4.69) is 11.7 Å². The van der Waals surface area contributed by atoms with Gasteiger partial charge in [-0.2, -0.15) is 8.78 Å². The van der Waals surface area contributed by atoms with Gasteiger partial charge in [-0.1, -0.05) is 51.5 Å². The van der Waals surface area contributed by atoms with Gasteiger partial charge in [-0.25, -0.2) is 8.78 Å². The van der Waals surface area contributed by atoms with Crippen molar-refractivity contribution in [2.24, 2.45) is 5.92 Å². The SMILES string of the molecule is C.CCC[C@H]1CC[C@H](c2ccc(-c3cccc(Oc4ccc(OC(F)F)cc4)c3F)c(F)c2)CC1. The molecule has 0 aliphatic heterocycles. The van der Waals surface area contributed by atoms with E-state index in [4.69, 9.17) is 4.74 Å². The average Bonchev–Trinajstić information content (AvgIpc) is 2.82. The zero-order valence-electron chi connectivity index (χ0n) is 19.1. The molecule has 0 unspecified atom stereocenters. The topological polar surface area (TPSA) is 18.5 Å². The number of benzene rings is 3. The molecule has 1 aliphatic rings. The quantitative estimate of drug-likeness (QED) is 0.294. The van der Waals surface area contributed by atoms with Crippen LogP contribution in [0.4, 0.5) is 17.6 Å². The summed E-state index contributed by atoms with van der Waals surface area (Å²) in [7, 11) is 0. The Kier molecular flexibility index (Phi) is 9.19. The lowest BCUT2D eigenvalue weighted by Gasteiger charge is -2.28. The molecular weight excluding hydrogens is 456 g/mol. The van der Waals surface area contributed by atoms with Crippen molar-refractivity contribution in [3.63, 3.8) is 0 Å². The Labute approximate surface area is 204 Å². The van der Waals surface area contributed by atoms with Crippen molar-refractivity contribution in [1.29, 1.82) is 0 Å². The molecule has 0 aromatic heterocycles. The fraction of sp³-hybridized carbons (Fsp3) is 0.379. The van der Waals surface area contributed by atoms with Gasteiger partial charge in [0.05, 0.1) is 0 Å². The molecule has 188 valence electrons. The van der Waals surface area contributed by atoms with Gasteiger partial charge in [0.25, 0.3) is 0 Å². The van der Waals surface area contributed by atoms with E-state index in [0.717, 1.165) is 24.3 Å². The highest BCUT2D eigenvalue weighted by molar-refractivity contribution is 5.67. The lowest BCUT2D eigenvalue weighted by atomic mass is 9.77. The Morgan fingerprint density at radius 3 is 2.17 bits per heavy atom. The first kappa shape index (κ1) is 26.6. The van der Waals surface area contributed by atoms with Crippen LogP contribution in [-0.4, -0.2) is 6.61 Å². The zero-order valence-corrected chi connectivity index (χ0v) is 19.1. The molecule has 3 aromatic carbocycles. The predicted molar refractivity (Wildman–Crippen MR) is 131 cm³/mol. The molecule has 1 fully saturated rings. The van der Waals surface area contributed by atoms with Crippen LogP contribution in [0.3, 0.4) is 0 Å². The molecule has 1 saturated carbocycles. The number of halogens is 4. The molecule has 0 spiro atoms. The van der Waals surface area contributed by atoms with Gasteiger partial charge in [0.1, 0.15) is 17.3 Å². The van der Waals surface area contributed by atoms with Gasteiger partial charge >= 0.3 is 6.61 Å². The summed E-state index contributed by atoms with van der Waals surface area (Å²) >= 11 is 0. The van der Waals surface area contributed by atoms with Crippen molar-refractivity contribution in [2.45, 2.75) is 65.4 Å². The van der Waals surface area contributed by atoms with Crippen LogP contribution in [0, 0.1) is 17.6 Å². The smallest absolute Gasteiger partial charge is 0.387 e. The minimum Gasteiger partial charge on any atom is -0.454 e. The van der Waals surface area contributed by atoms with Gasteiger partial charge in [0, 0.05) is 11.1 Å². The van der Waals surface area contributed by atoms with Crippen LogP contribution in [0.1, 0.15) is 64.4 Å². The van der Waals surface area contributed by atoms with E-state index in [1.165, 1.54) is 68.1 Å². The largest absolute Gasteiger partial charge is 0.454 e. The summed E-state index contributed by atoms with van der Waals surface area (Å²) in [4.78, 5) is 0. The Morgan fingerprint density at radius 2 is 1.54 bits per heavy atom. The van der Waals surface area contributed by atoms with E-state index in [9.17, 15) is 8.78 Å². The first-order chi connectivity index (χ1) is 16.4. The number of hydrogen-bond acceptors (Lipinski definition) is 2. The second kappa shape index (κ2) is 12.1. The molecular formula is C29H32F4O2. The van der Waals surface area contributed by atoms with Crippen molar-refractivity contribution in [2.75, 3.05) is 0 Å². The number of ether oxygens (including phenoxy) is 2. The van der Waals surface area contributed by atoms with E-state index >= 15 is 8.78 Å². The molecule has 4 rings (SSSR count). The summed E-state index contributed by atoms with van der Waals surface area (Å²) in [5.74, 6) is 0.0887. The second-order valence-corrected chi connectivity index (χ2v) is 8.82. The van der Waals surface area contributed by atoms with Crippen LogP contribution >= 0.6 is 0 Å². The van der Waals surface area contributed by atoms with E-state index in [1.54, 1.807) is 12.1 Å². The van der Waals surface area contributed by atoms with Gasteiger partial charge in [-0.05, 0) is 79.5 Å². The van der Waals surface area contributed by atoms with Gasteiger partial charge < -0.3 is 9.47 Å². The van der Waals surface area contributed by atoms with Crippen LogP contribution in [0.5, 0.6) is 17.2 Å². The summed E-state index contributed by atoms with van der Waals surface area (Å²) in [5, 5.41) is 0. The summed E-state index contributed by atoms with van der Waals surface area (Å²) < 4.78 is 64.8. The molecule has 0 saturated heterocycles. The van der Waals surface area contributed by atoms with E-state index in [1.807, 2.05) is 6.07 Å². The van der Waals surface area contributed by atoms with Crippen molar-refractivity contribution in [3.8, 4) is 28.4 Å². The summed E-state index contributed by atoms with van der Waals surface area (Å²) in [6.07, 6.45) is 6.91. The maximum atomic E-state index is 15.2. The van der Waals surface area contributed by atoms with Crippen molar-refractivity contribution in [1.82, 2.24) is 0 Å². The highest BCUT2D eigenvalue weighted by Gasteiger charge is 2.23. The van der Waals surface area contributed by atoms with Crippen molar-refractivity contribution in [3.05, 3.63) is 77.9 Å². The monoisotopic (exact) mass is 488 g/mol. The Morgan fingerprint density at radius 1 is 0.857 bits per heavy atom. The van der Waals surface area contributed by atoms with Gasteiger partial charge in [0.15, 0.2) is 11.6 Å². The fourth-order valence-electron chi connectivity index (χ4n) is 4.81. The first-order valence-corrected chi connectivity index (χ1v) is 11.8. The number of alkyl halides is 2. The molecule has 0 radical (unpaired) electrons. The third-order valence-electron chi connectivity index (χ3n) is 6.54. The number of rotatable bonds is 8. The summed E-state index contributed by atoms with van der Waals surface area (Å²) in [5.41, 5.74) is 1.24. The zero-order chi connectivity index (χ0) is 24.1. The summed E-state index contributed by atoms with van der Waals surface area (Å²) in [6.45, 7) is -0.723. The Balaban J connectivity index is 0.00000342. The molecule has 2 nitrogen and oxygen atoms in total. The van der Waals surface area contributed by atoms with E-state index in [0.29, 0.717) is 5.92 Å². The average molecular weight is 489 g/mol. The third kappa shape index (κ3) is 6.56. The molecule has 0 atom stereocenters. The molecule has 0 bridgehead atoms. The Bertz CT molecular complexity index is 1090. The number of hydrogen-bond donors (Lipinski definition) is 0. The molecule has 0 N–H and O–H groups in total. The lowest BCUT2D eigenvalue weighted by molar-refractivity contribution is -0.0498. The molecule has 0 amide bonds. The van der Waals surface area contributed by atoms with Crippen molar-refractivity contribution >= 4 is 0 Å². The van der Waals surface area contributed by atoms with Crippen LogP contribution < -0.4 is 9.47 Å². The van der Waals surface area contributed by atoms with Gasteiger partial charge in [-0.3, -0.25) is 0 Å². The maximum Gasteiger partial charge on any atom is 0.387 e. The summed E-state index contributed by atoms with van der Waals surface area (Å²) in [6, 6.07) is 15.0. The van der Waals surface area contributed by atoms with E-state index in [-0.39, 0.29) is 35.8 Å².